The number of sulfone groups is 1. The second kappa shape index (κ2) is 4.09. The van der Waals surface area contributed by atoms with Crippen LogP contribution in [0.15, 0.2) is 40.0 Å². The average Bonchev–Trinajstić information content (AvgIpc) is 2.61. The third-order valence-corrected chi connectivity index (χ3v) is 8.28. The summed E-state index contributed by atoms with van der Waals surface area (Å²) in [6, 6.07) is 7.61. The zero-order valence-corrected chi connectivity index (χ0v) is 11.0. The van der Waals surface area contributed by atoms with E-state index in [-0.39, 0.29) is 5.75 Å². The van der Waals surface area contributed by atoms with Crippen LogP contribution in [-0.4, -0.2) is 39.6 Å². The van der Waals surface area contributed by atoms with E-state index in [1.165, 1.54) is 6.08 Å². The monoisotopic (exact) mass is 337 g/mol. The molecule has 78 valence electrons. The van der Waals surface area contributed by atoms with Crippen molar-refractivity contribution in [2.75, 3.05) is 5.75 Å². The van der Waals surface area contributed by atoms with Gasteiger partial charge < -0.3 is 0 Å². The van der Waals surface area contributed by atoms with E-state index in [4.69, 9.17) is 0 Å². The Labute approximate surface area is 98.0 Å². The summed E-state index contributed by atoms with van der Waals surface area (Å²) in [5.74, 6) is -0.00934. The molecule has 2 rings (SSSR count). The first-order chi connectivity index (χ1) is 7.13. The van der Waals surface area contributed by atoms with Gasteiger partial charge in [-0.3, -0.25) is 0 Å². The standard InChI is InChI=1S/C10H9NO2STe/c1-2-7-14(12,13)10-11-8-5-3-4-6-9(8)15-10/h2-6H,1,7H2. The van der Waals surface area contributed by atoms with Crippen molar-refractivity contribution in [3.8, 4) is 0 Å². The molecule has 0 unspecified atom stereocenters. The molecule has 0 saturated carbocycles. The zero-order valence-electron chi connectivity index (χ0n) is 7.88. The third kappa shape index (κ3) is 2.15. The summed E-state index contributed by atoms with van der Waals surface area (Å²) in [5.41, 5.74) is 0.822. The predicted molar refractivity (Wildman–Crippen MR) is 60.9 cm³/mol. The molecule has 0 bridgehead atoms. The van der Waals surface area contributed by atoms with Gasteiger partial charge in [-0.2, -0.15) is 0 Å². The molecule has 5 heteroatoms. The Hall–Kier alpha value is -0.630. The first-order valence-corrected chi connectivity index (χ1v) is 8.31. The molecule has 0 saturated heterocycles. The molecule has 0 aliphatic carbocycles. The second-order valence-electron chi connectivity index (χ2n) is 3.02. The van der Waals surface area contributed by atoms with Crippen molar-refractivity contribution in [1.29, 1.82) is 0 Å². The van der Waals surface area contributed by atoms with Crippen LogP contribution in [0.1, 0.15) is 0 Å². The first kappa shape index (κ1) is 10.9. The van der Waals surface area contributed by atoms with Crippen molar-refractivity contribution < 1.29 is 8.42 Å². The second-order valence-corrected chi connectivity index (χ2v) is 8.72. The maximum absolute atomic E-state index is 11.7. The number of fused-ring (bicyclic) bond motifs is 1. The molecular weight excluding hydrogens is 326 g/mol. The Bertz CT molecular complexity index is 568. The quantitative estimate of drug-likeness (QED) is 0.627. The topological polar surface area (TPSA) is 47.0 Å². The van der Waals surface area contributed by atoms with E-state index in [0.717, 1.165) is 8.92 Å². The normalized spacial score (nSPS) is 11.7. The van der Waals surface area contributed by atoms with E-state index in [1.807, 2.05) is 24.3 Å². The number of rotatable bonds is 3. The number of aromatic nitrogens is 1. The molecule has 0 atom stereocenters. The molecule has 3 nitrogen and oxygen atoms in total. The SMILES string of the molecule is C=CCS(=O)(=O)c1nc2ccccc2[te]1. The van der Waals surface area contributed by atoms with Crippen LogP contribution in [0.5, 0.6) is 0 Å². The maximum atomic E-state index is 11.7. The molecule has 15 heavy (non-hydrogen) atoms. The number of nitrogens with zero attached hydrogens (tertiary/aromatic N) is 1. The minimum atomic E-state index is -3.19. The molecule has 0 amide bonds. The van der Waals surface area contributed by atoms with Gasteiger partial charge in [0.05, 0.1) is 0 Å². The molecule has 0 radical (unpaired) electrons. The Morgan fingerprint density at radius 2 is 2.13 bits per heavy atom. The van der Waals surface area contributed by atoms with Gasteiger partial charge in [-0.15, -0.1) is 0 Å². The number of para-hydroxylation sites is 1. The van der Waals surface area contributed by atoms with E-state index in [1.54, 1.807) is 0 Å². The van der Waals surface area contributed by atoms with Gasteiger partial charge in [-0.1, -0.05) is 0 Å². The summed E-state index contributed by atoms with van der Waals surface area (Å²) in [7, 11) is -3.19. The molecule has 0 aliphatic rings. The Kier molecular flexibility index (Phi) is 2.96. The molecule has 0 aliphatic heterocycles. The van der Waals surface area contributed by atoms with Crippen LogP contribution < -0.4 is 0 Å². The summed E-state index contributed by atoms with van der Waals surface area (Å²) in [6.45, 7) is 3.45. The molecular formula is C10H9NO2STe. The Morgan fingerprint density at radius 3 is 2.80 bits per heavy atom. The van der Waals surface area contributed by atoms with Gasteiger partial charge >= 0.3 is 98.3 Å². The molecule has 2 aromatic rings. The first-order valence-electron chi connectivity index (χ1n) is 4.33. The molecule has 1 heterocycles. The number of hydrogen-bond donors (Lipinski definition) is 0. The van der Waals surface area contributed by atoms with Crippen LogP contribution in [-0.2, 0) is 9.84 Å². The van der Waals surface area contributed by atoms with Crippen LogP contribution in [0.3, 0.4) is 0 Å². The van der Waals surface area contributed by atoms with E-state index in [0.29, 0.717) is 3.04 Å². The van der Waals surface area contributed by atoms with Crippen molar-refractivity contribution in [2.24, 2.45) is 0 Å². The van der Waals surface area contributed by atoms with Crippen LogP contribution in [0.25, 0.3) is 8.92 Å². The van der Waals surface area contributed by atoms with Gasteiger partial charge in [0.1, 0.15) is 0 Å². The fourth-order valence-electron chi connectivity index (χ4n) is 1.21. The molecule has 1 aromatic heterocycles. The van der Waals surface area contributed by atoms with Gasteiger partial charge in [-0.05, 0) is 0 Å². The molecule has 0 fully saturated rings. The minimum absolute atomic E-state index is 0.00934. The summed E-state index contributed by atoms with van der Waals surface area (Å²) in [5, 5.41) is 0. The van der Waals surface area contributed by atoms with Crippen LogP contribution in [0, 0.1) is 0 Å². The van der Waals surface area contributed by atoms with Crippen molar-refractivity contribution in [2.45, 2.75) is 3.04 Å². The fraction of sp³-hybridized carbons (Fsp3) is 0.100. The average molecular weight is 335 g/mol. The van der Waals surface area contributed by atoms with Gasteiger partial charge in [0.15, 0.2) is 0 Å². The Balaban J connectivity index is 2.58. The van der Waals surface area contributed by atoms with Gasteiger partial charge in [0, 0.05) is 0 Å². The van der Waals surface area contributed by atoms with Crippen molar-refractivity contribution in [3.63, 3.8) is 0 Å². The van der Waals surface area contributed by atoms with Gasteiger partial charge in [-0.25, -0.2) is 0 Å². The zero-order chi connectivity index (χ0) is 10.9. The van der Waals surface area contributed by atoms with E-state index in [2.05, 4.69) is 11.6 Å². The number of hydrogen-bond acceptors (Lipinski definition) is 3. The number of benzene rings is 1. The predicted octanol–water partition coefficient (Wildman–Crippen LogP) is 1.25. The van der Waals surface area contributed by atoms with Crippen molar-refractivity contribution >= 4 is 39.2 Å². The summed E-state index contributed by atoms with van der Waals surface area (Å²) in [4.78, 5) is 4.18. The van der Waals surface area contributed by atoms with Crippen LogP contribution in [0.4, 0.5) is 0 Å². The van der Waals surface area contributed by atoms with Crippen LogP contribution >= 0.6 is 0 Å². The Morgan fingerprint density at radius 1 is 1.40 bits per heavy atom. The van der Waals surface area contributed by atoms with E-state index < -0.39 is 30.3 Å². The third-order valence-electron chi connectivity index (χ3n) is 1.88. The molecule has 0 spiro atoms. The summed E-state index contributed by atoms with van der Waals surface area (Å²) < 4.78 is 24.9. The summed E-state index contributed by atoms with van der Waals surface area (Å²) >= 11 is -0.821. The van der Waals surface area contributed by atoms with E-state index in [9.17, 15) is 8.42 Å². The van der Waals surface area contributed by atoms with Crippen LogP contribution in [0.2, 0.25) is 0 Å². The van der Waals surface area contributed by atoms with Crippen molar-refractivity contribution in [1.82, 2.24) is 4.98 Å². The fourth-order valence-corrected chi connectivity index (χ4v) is 6.29. The van der Waals surface area contributed by atoms with E-state index >= 15 is 0 Å². The molecule has 0 N–H and O–H groups in total. The molecule has 1 aromatic carbocycles. The van der Waals surface area contributed by atoms with Gasteiger partial charge in [0.25, 0.3) is 0 Å². The van der Waals surface area contributed by atoms with Crippen molar-refractivity contribution in [3.05, 3.63) is 36.9 Å². The van der Waals surface area contributed by atoms with Gasteiger partial charge in [0.2, 0.25) is 0 Å². The summed E-state index contributed by atoms with van der Waals surface area (Å²) in [6.07, 6.45) is 1.41.